The van der Waals surface area contributed by atoms with Crippen molar-refractivity contribution in [3.05, 3.63) is 41.7 Å². The Bertz CT molecular complexity index is 1460. The fraction of sp³-hybridized carbons (Fsp3) is 0.500. The van der Waals surface area contributed by atoms with Gasteiger partial charge < -0.3 is 24.8 Å². The molecule has 2 aliphatic heterocycles. The predicted molar refractivity (Wildman–Crippen MR) is 157 cm³/mol. The molecule has 4 heterocycles. The largest absolute Gasteiger partial charge is 0.466 e. The van der Waals surface area contributed by atoms with Gasteiger partial charge in [-0.1, -0.05) is 11.3 Å². The molecule has 0 atom stereocenters. The van der Waals surface area contributed by atoms with Crippen LogP contribution in [0.2, 0.25) is 0 Å². The number of carbonyl (C=O) groups is 1. The van der Waals surface area contributed by atoms with E-state index in [9.17, 15) is 22.4 Å². The standard InChI is InChI=1S/C28H33F5N8O2S/c1-3-43-21(42)4-5-39-8-12-40(13-9-39)25-22(30)24(34-17-35-25)37-27-36-23(26(44-27)41-10-6-38(2)7-11-41)18-14-19(28(31,32)33)16-20(29)15-18/h14-17H,3-13H2,1-2H3,(H,34,35,36,37). The number of nitrogens with zero attached hydrogens (tertiary/aromatic N) is 7. The van der Waals surface area contributed by atoms with Crippen LogP contribution in [-0.2, 0) is 15.7 Å². The van der Waals surface area contributed by atoms with Gasteiger partial charge in [0.05, 0.1) is 18.6 Å². The van der Waals surface area contributed by atoms with Crippen molar-refractivity contribution < 1.29 is 31.5 Å². The predicted octanol–water partition coefficient (Wildman–Crippen LogP) is 4.47. The summed E-state index contributed by atoms with van der Waals surface area (Å²) in [6.45, 7) is 7.41. The summed E-state index contributed by atoms with van der Waals surface area (Å²) in [5.74, 6) is -2.03. The van der Waals surface area contributed by atoms with E-state index in [1.807, 2.05) is 11.9 Å². The third-order valence-corrected chi connectivity index (χ3v) is 8.54. The van der Waals surface area contributed by atoms with E-state index < -0.39 is 23.4 Å². The summed E-state index contributed by atoms with van der Waals surface area (Å²) in [5, 5.41) is 3.63. The maximum Gasteiger partial charge on any atom is 0.416 e. The molecule has 2 fully saturated rings. The van der Waals surface area contributed by atoms with Crippen LogP contribution < -0.4 is 15.1 Å². The molecule has 0 unspecified atom stereocenters. The highest BCUT2D eigenvalue weighted by atomic mass is 32.1. The summed E-state index contributed by atoms with van der Waals surface area (Å²) in [6.07, 6.45) is -3.23. The van der Waals surface area contributed by atoms with E-state index in [2.05, 4.69) is 30.1 Å². The van der Waals surface area contributed by atoms with Gasteiger partial charge in [0, 0.05) is 64.5 Å². The van der Waals surface area contributed by atoms with Gasteiger partial charge in [0.2, 0.25) is 5.82 Å². The number of benzene rings is 1. The number of carbonyl (C=O) groups excluding carboxylic acids is 1. The first-order valence-corrected chi connectivity index (χ1v) is 15.1. The first kappa shape index (κ1) is 31.8. The van der Waals surface area contributed by atoms with Gasteiger partial charge in [0.1, 0.15) is 22.8 Å². The van der Waals surface area contributed by atoms with Gasteiger partial charge in [-0.25, -0.2) is 19.3 Å². The fourth-order valence-electron chi connectivity index (χ4n) is 5.10. The Balaban J connectivity index is 1.37. The number of rotatable bonds is 9. The second kappa shape index (κ2) is 13.6. The van der Waals surface area contributed by atoms with Crippen LogP contribution in [-0.4, -0.2) is 103 Å². The molecule has 1 aromatic carbocycles. The lowest BCUT2D eigenvalue weighted by Gasteiger charge is -2.35. The Labute approximate surface area is 255 Å². The molecule has 238 valence electrons. The van der Waals surface area contributed by atoms with Crippen molar-refractivity contribution in [1.82, 2.24) is 24.8 Å². The van der Waals surface area contributed by atoms with Crippen LogP contribution in [0.5, 0.6) is 0 Å². The minimum atomic E-state index is -4.74. The van der Waals surface area contributed by atoms with E-state index in [4.69, 9.17) is 4.74 Å². The average molecular weight is 641 g/mol. The molecule has 0 radical (unpaired) electrons. The summed E-state index contributed by atoms with van der Waals surface area (Å²) < 4.78 is 75.6. The second-order valence-corrected chi connectivity index (χ2v) is 11.5. The first-order valence-electron chi connectivity index (χ1n) is 14.2. The molecule has 1 N–H and O–H groups in total. The highest BCUT2D eigenvalue weighted by molar-refractivity contribution is 7.20. The van der Waals surface area contributed by atoms with Gasteiger partial charge in [-0.2, -0.15) is 17.6 Å². The normalized spacial score (nSPS) is 16.8. The molecule has 0 amide bonds. The van der Waals surface area contributed by atoms with Crippen LogP contribution in [0.4, 0.5) is 43.7 Å². The number of ether oxygens (including phenoxy) is 1. The van der Waals surface area contributed by atoms with Crippen molar-refractivity contribution in [1.29, 1.82) is 0 Å². The molecule has 2 aliphatic rings. The van der Waals surface area contributed by atoms with Gasteiger partial charge >= 0.3 is 12.1 Å². The summed E-state index contributed by atoms with van der Waals surface area (Å²) in [7, 11) is 1.97. The lowest BCUT2D eigenvalue weighted by molar-refractivity contribution is -0.143. The average Bonchev–Trinajstić information content (AvgIpc) is 3.41. The Morgan fingerprint density at radius 2 is 1.70 bits per heavy atom. The van der Waals surface area contributed by atoms with Crippen LogP contribution in [0.3, 0.4) is 0 Å². The number of hydrogen-bond donors (Lipinski definition) is 1. The number of aromatic nitrogens is 3. The van der Waals surface area contributed by atoms with Gasteiger partial charge in [0.25, 0.3) is 0 Å². The van der Waals surface area contributed by atoms with Gasteiger partial charge in [-0.05, 0) is 32.2 Å². The van der Waals surface area contributed by atoms with Gasteiger partial charge in [-0.3, -0.25) is 9.69 Å². The maximum absolute atomic E-state index is 15.7. The van der Waals surface area contributed by atoms with Crippen molar-refractivity contribution in [2.75, 3.05) is 87.7 Å². The van der Waals surface area contributed by atoms with Crippen LogP contribution in [0, 0.1) is 11.6 Å². The van der Waals surface area contributed by atoms with E-state index >= 15 is 4.39 Å². The number of alkyl halides is 3. The van der Waals surface area contributed by atoms with Crippen LogP contribution in [0.15, 0.2) is 24.5 Å². The summed E-state index contributed by atoms with van der Waals surface area (Å²) in [6, 6.07) is 2.34. The SMILES string of the molecule is CCOC(=O)CCN1CCN(c2ncnc(Nc3nc(-c4cc(F)cc(C(F)(F)F)c4)c(N4CCN(C)CC4)s3)c2F)CC1. The van der Waals surface area contributed by atoms with E-state index in [1.165, 1.54) is 6.33 Å². The van der Waals surface area contributed by atoms with E-state index in [0.717, 1.165) is 36.6 Å². The minimum Gasteiger partial charge on any atom is -0.466 e. The summed E-state index contributed by atoms with van der Waals surface area (Å²) in [5.41, 5.74) is -0.979. The smallest absolute Gasteiger partial charge is 0.416 e. The second-order valence-electron chi connectivity index (χ2n) is 10.6. The zero-order valence-electron chi connectivity index (χ0n) is 24.3. The number of piperazine rings is 2. The Morgan fingerprint density at radius 1 is 1.00 bits per heavy atom. The summed E-state index contributed by atoms with van der Waals surface area (Å²) in [4.78, 5) is 32.4. The third-order valence-electron chi connectivity index (χ3n) is 7.50. The summed E-state index contributed by atoms with van der Waals surface area (Å²) >= 11 is 1.13. The number of likely N-dealkylation sites (N-methyl/N-ethyl adjacent to an activating group) is 1. The van der Waals surface area contributed by atoms with Crippen molar-refractivity contribution in [3.8, 4) is 11.3 Å². The zero-order chi connectivity index (χ0) is 31.4. The number of thiazole rings is 1. The fourth-order valence-corrected chi connectivity index (χ4v) is 6.14. The third kappa shape index (κ3) is 7.53. The number of anilines is 4. The number of hydrogen-bond acceptors (Lipinski definition) is 11. The Morgan fingerprint density at radius 3 is 2.39 bits per heavy atom. The Hall–Kier alpha value is -3.63. The molecule has 5 rings (SSSR count). The quantitative estimate of drug-likeness (QED) is 0.267. The molecule has 3 aromatic rings. The molecular weight excluding hydrogens is 607 g/mol. The molecule has 0 saturated carbocycles. The maximum atomic E-state index is 15.7. The molecule has 10 nitrogen and oxygen atoms in total. The molecular formula is C28H33F5N8O2S. The molecule has 2 saturated heterocycles. The van der Waals surface area contributed by atoms with Crippen molar-refractivity contribution >= 4 is 39.1 Å². The van der Waals surface area contributed by atoms with E-state index in [1.54, 1.807) is 11.8 Å². The molecule has 0 bridgehead atoms. The van der Waals surface area contributed by atoms with Gasteiger partial charge in [-0.15, -0.1) is 0 Å². The molecule has 0 aliphatic carbocycles. The van der Waals surface area contributed by atoms with Crippen LogP contribution in [0.25, 0.3) is 11.3 Å². The van der Waals surface area contributed by atoms with Crippen molar-refractivity contribution in [3.63, 3.8) is 0 Å². The monoisotopic (exact) mass is 640 g/mol. The minimum absolute atomic E-state index is 0.0276. The number of esters is 1. The van der Waals surface area contributed by atoms with E-state index in [0.29, 0.717) is 63.5 Å². The highest BCUT2D eigenvalue weighted by Gasteiger charge is 2.33. The molecule has 0 spiro atoms. The number of halogens is 5. The molecule has 44 heavy (non-hydrogen) atoms. The first-order chi connectivity index (χ1) is 21.0. The lowest BCUT2D eigenvalue weighted by atomic mass is 10.1. The zero-order valence-corrected chi connectivity index (χ0v) is 25.1. The highest BCUT2D eigenvalue weighted by Crippen LogP contribution is 2.42. The lowest BCUT2D eigenvalue weighted by Crippen LogP contribution is -2.47. The van der Waals surface area contributed by atoms with E-state index in [-0.39, 0.29) is 40.4 Å². The molecule has 2 aromatic heterocycles. The van der Waals surface area contributed by atoms with Crippen molar-refractivity contribution in [2.24, 2.45) is 0 Å². The van der Waals surface area contributed by atoms with Crippen LogP contribution in [0.1, 0.15) is 18.9 Å². The Kier molecular flexibility index (Phi) is 9.80. The van der Waals surface area contributed by atoms with Crippen molar-refractivity contribution in [2.45, 2.75) is 19.5 Å². The van der Waals surface area contributed by atoms with Gasteiger partial charge in [0.15, 0.2) is 16.8 Å². The topological polar surface area (TPSA) is 90.0 Å². The molecule has 16 heteroatoms. The number of nitrogens with one attached hydrogen (secondary N) is 1. The van der Waals surface area contributed by atoms with Crippen LogP contribution >= 0.6 is 11.3 Å².